The van der Waals surface area contributed by atoms with Gasteiger partial charge in [-0.05, 0) is 47.5 Å². The molecule has 3 aromatic rings. The van der Waals surface area contributed by atoms with Crippen molar-refractivity contribution in [1.29, 1.82) is 5.26 Å². The van der Waals surface area contributed by atoms with Crippen LogP contribution in [0.4, 0.5) is 5.69 Å². The molecule has 0 aliphatic heterocycles. The first-order chi connectivity index (χ1) is 14.1. The van der Waals surface area contributed by atoms with Gasteiger partial charge in [-0.2, -0.15) is 5.26 Å². The second kappa shape index (κ2) is 9.63. The Morgan fingerprint density at radius 1 is 1.07 bits per heavy atom. The van der Waals surface area contributed by atoms with Gasteiger partial charge in [-0.1, -0.05) is 48.0 Å². The number of methoxy groups -OCH3 is 1. The lowest BCUT2D eigenvalue weighted by Gasteiger charge is -2.14. The fourth-order valence-electron chi connectivity index (χ4n) is 2.83. The Balaban J connectivity index is 1.63. The highest BCUT2D eigenvalue weighted by Crippen LogP contribution is 2.31. The zero-order chi connectivity index (χ0) is 20.6. The number of halogens is 1. The van der Waals surface area contributed by atoms with Crippen LogP contribution in [0, 0.1) is 11.3 Å². The molecule has 0 aromatic heterocycles. The average molecular weight is 407 g/mol. The van der Waals surface area contributed by atoms with E-state index in [9.17, 15) is 10.1 Å². The van der Waals surface area contributed by atoms with Gasteiger partial charge in [-0.25, -0.2) is 0 Å². The van der Waals surface area contributed by atoms with Crippen molar-refractivity contribution < 1.29 is 14.3 Å². The molecule has 1 amide bonds. The second-order valence-corrected chi connectivity index (χ2v) is 6.63. The largest absolute Gasteiger partial charge is 0.497 e. The van der Waals surface area contributed by atoms with Crippen molar-refractivity contribution in [2.45, 2.75) is 5.92 Å². The fraction of sp³-hybridized carbons (Fsp3) is 0.130. The van der Waals surface area contributed by atoms with E-state index in [1.165, 1.54) is 0 Å². The van der Waals surface area contributed by atoms with Crippen LogP contribution in [0.25, 0.3) is 0 Å². The normalized spacial score (nSPS) is 11.2. The Bertz CT molecular complexity index is 1010. The first-order valence-corrected chi connectivity index (χ1v) is 9.29. The molecular weight excluding hydrogens is 388 g/mol. The molecule has 6 heteroatoms. The van der Waals surface area contributed by atoms with E-state index in [4.69, 9.17) is 21.1 Å². The van der Waals surface area contributed by atoms with Gasteiger partial charge in [0, 0.05) is 10.7 Å². The number of benzene rings is 3. The van der Waals surface area contributed by atoms with Gasteiger partial charge in [0.2, 0.25) is 0 Å². The number of amides is 1. The summed E-state index contributed by atoms with van der Waals surface area (Å²) in [5.41, 5.74) is 2.08. The van der Waals surface area contributed by atoms with Gasteiger partial charge < -0.3 is 14.8 Å². The van der Waals surface area contributed by atoms with E-state index < -0.39 is 5.92 Å². The summed E-state index contributed by atoms with van der Waals surface area (Å²) in [6, 6.07) is 23.8. The van der Waals surface area contributed by atoms with Crippen molar-refractivity contribution in [3.05, 3.63) is 88.9 Å². The van der Waals surface area contributed by atoms with Gasteiger partial charge in [0.1, 0.15) is 11.5 Å². The van der Waals surface area contributed by atoms with Crippen molar-refractivity contribution in [3.63, 3.8) is 0 Å². The Morgan fingerprint density at radius 3 is 2.38 bits per heavy atom. The summed E-state index contributed by atoms with van der Waals surface area (Å²) in [4.78, 5) is 12.2. The zero-order valence-corrected chi connectivity index (χ0v) is 16.5. The average Bonchev–Trinajstić information content (AvgIpc) is 2.75. The quantitative estimate of drug-likeness (QED) is 0.597. The second-order valence-electron chi connectivity index (χ2n) is 6.22. The van der Waals surface area contributed by atoms with Crippen LogP contribution in [-0.4, -0.2) is 19.6 Å². The van der Waals surface area contributed by atoms with Crippen LogP contribution in [0.3, 0.4) is 0 Å². The molecule has 0 bridgehead atoms. The summed E-state index contributed by atoms with van der Waals surface area (Å²) in [6.07, 6.45) is 0. The van der Waals surface area contributed by atoms with E-state index in [0.29, 0.717) is 27.8 Å². The lowest BCUT2D eigenvalue weighted by molar-refractivity contribution is -0.118. The van der Waals surface area contributed by atoms with Gasteiger partial charge in [0.15, 0.2) is 6.61 Å². The molecule has 29 heavy (non-hydrogen) atoms. The van der Waals surface area contributed by atoms with Crippen molar-refractivity contribution in [1.82, 2.24) is 0 Å². The summed E-state index contributed by atoms with van der Waals surface area (Å²) in [6.45, 7) is -0.142. The molecule has 0 aliphatic rings. The van der Waals surface area contributed by atoms with Crippen LogP contribution in [0.1, 0.15) is 17.0 Å². The number of hydrogen-bond acceptors (Lipinski definition) is 4. The highest BCUT2D eigenvalue weighted by Gasteiger charge is 2.17. The molecule has 0 radical (unpaired) electrons. The smallest absolute Gasteiger partial charge is 0.262 e. The fourth-order valence-corrected chi connectivity index (χ4v) is 3.12. The van der Waals surface area contributed by atoms with Crippen LogP contribution in [-0.2, 0) is 4.79 Å². The van der Waals surface area contributed by atoms with Crippen LogP contribution < -0.4 is 14.8 Å². The molecular formula is C23H19ClN2O3. The molecule has 0 heterocycles. The molecule has 3 rings (SSSR count). The molecule has 1 N–H and O–H groups in total. The number of carbonyl (C=O) groups excluding carboxylic acids is 1. The number of nitrogens with one attached hydrogen (secondary N) is 1. The third kappa shape index (κ3) is 5.28. The first-order valence-electron chi connectivity index (χ1n) is 8.91. The summed E-state index contributed by atoms with van der Waals surface area (Å²) in [7, 11) is 1.58. The highest BCUT2D eigenvalue weighted by molar-refractivity contribution is 6.31. The Labute approximate surface area is 174 Å². The number of carbonyl (C=O) groups is 1. The van der Waals surface area contributed by atoms with Crippen molar-refractivity contribution in [3.8, 4) is 17.6 Å². The van der Waals surface area contributed by atoms with Crippen molar-refractivity contribution in [2.24, 2.45) is 0 Å². The first kappa shape index (κ1) is 20.2. The summed E-state index contributed by atoms with van der Waals surface area (Å²) in [5, 5.41) is 12.7. The maximum absolute atomic E-state index is 12.2. The number of nitriles is 1. The molecule has 5 nitrogen and oxygen atoms in total. The number of rotatable bonds is 7. The van der Waals surface area contributed by atoms with Crippen LogP contribution in [0.5, 0.6) is 11.5 Å². The van der Waals surface area contributed by atoms with Crippen molar-refractivity contribution in [2.75, 3.05) is 19.0 Å². The monoisotopic (exact) mass is 406 g/mol. The van der Waals surface area contributed by atoms with Gasteiger partial charge in [-0.3, -0.25) is 4.79 Å². The Kier molecular flexibility index (Phi) is 6.72. The van der Waals surface area contributed by atoms with E-state index in [1.807, 2.05) is 30.3 Å². The Hall–Kier alpha value is -3.49. The predicted molar refractivity (Wildman–Crippen MR) is 112 cm³/mol. The van der Waals surface area contributed by atoms with Crippen LogP contribution >= 0.6 is 11.6 Å². The minimum Gasteiger partial charge on any atom is -0.497 e. The van der Waals surface area contributed by atoms with Crippen LogP contribution in [0.2, 0.25) is 5.02 Å². The third-order valence-corrected chi connectivity index (χ3v) is 4.61. The standard InChI is InChI=1S/C23H19ClN2O3/c1-28-18-8-10-19(11-9-18)29-15-23(27)26-17-7-12-20(22(24)13-17)21(14-25)16-5-3-2-4-6-16/h2-13,21H,15H2,1H3,(H,26,27). The van der Waals surface area contributed by atoms with E-state index in [2.05, 4.69) is 11.4 Å². The van der Waals surface area contributed by atoms with E-state index in [0.717, 1.165) is 5.56 Å². The van der Waals surface area contributed by atoms with Gasteiger partial charge in [0.05, 0.1) is 19.1 Å². The maximum Gasteiger partial charge on any atom is 0.262 e. The Morgan fingerprint density at radius 2 is 1.76 bits per heavy atom. The number of anilines is 1. The van der Waals surface area contributed by atoms with Crippen LogP contribution in [0.15, 0.2) is 72.8 Å². The van der Waals surface area contributed by atoms with Gasteiger partial charge in [-0.15, -0.1) is 0 Å². The highest BCUT2D eigenvalue weighted by atomic mass is 35.5. The molecule has 3 aromatic carbocycles. The number of hydrogen-bond donors (Lipinski definition) is 1. The van der Waals surface area contributed by atoms with Crippen molar-refractivity contribution >= 4 is 23.2 Å². The predicted octanol–water partition coefficient (Wildman–Crippen LogP) is 5.02. The summed E-state index contributed by atoms with van der Waals surface area (Å²) >= 11 is 6.39. The van der Waals surface area contributed by atoms with E-state index >= 15 is 0 Å². The minimum absolute atomic E-state index is 0.142. The van der Waals surface area contributed by atoms with E-state index in [1.54, 1.807) is 49.6 Å². The molecule has 146 valence electrons. The number of ether oxygens (including phenoxy) is 2. The SMILES string of the molecule is COc1ccc(OCC(=O)Nc2ccc(C(C#N)c3ccccc3)c(Cl)c2)cc1. The zero-order valence-electron chi connectivity index (χ0n) is 15.8. The summed E-state index contributed by atoms with van der Waals surface area (Å²) in [5.74, 6) is 0.480. The lowest BCUT2D eigenvalue weighted by Crippen LogP contribution is -2.20. The number of nitrogens with zero attached hydrogens (tertiary/aromatic N) is 1. The topological polar surface area (TPSA) is 71.3 Å². The molecule has 1 atom stereocenters. The van der Waals surface area contributed by atoms with E-state index in [-0.39, 0.29) is 12.5 Å². The van der Waals surface area contributed by atoms with Gasteiger partial charge in [0.25, 0.3) is 5.91 Å². The lowest BCUT2D eigenvalue weighted by atomic mass is 9.92. The van der Waals surface area contributed by atoms with Gasteiger partial charge >= 0.3 is 0 Å². The molecule has 0 fully saturated rings. The molecule has 0 saturated carbocycles. The molecule has 0 saturated heterocycles. The summed E-state index contributed by atoms with van der Waals surface area (Å²) < 4.78 is 10.5. The third-order valence-electron chi connectivity index (χ3n) is 4.29. The molecule has 1 unspecified atom stereocenters. The molecule has 0 aliphatic carbocycles. The minimum atomic E-state index is -0.480. The molecule has 0 spiro atoms. The maximum atomic E-state index is 12.2.